The first-order chi connectivity index (χ1) is 13.6. The van der Waals surface area contributed by atoms with Crippen LogP contribution in [-0.2, 0) is 0 Å². The second-order valence-electron chi connectivity index (χ2n) is 5.89. The number of nitrogens with one attached hydrogen (secondary N) is 1. The van der Waals surface area contributed by atoms with Gasteiger partial charge >= 0.3 is 0 Å². The number of carbonyl (C=O) groups excluding carboxylic acids is 1. The van der Waals surface area contributed by atoms with Crippen molar-refractivity contribution in [2.45, 2.75) is 0 Å². The van der Waals surface area contributed by atoms with Gasteiger partial charge in [0, 0.05) is 11.8 Å². The van der Waals surface area contributed by atoms with Crippen LogP contribution in [0.5, 0.6) is 11.5 Å². The van der Waals surface area contributed by atoms with Crippen LogP contribution in [0, 0.1) is 0 Å². The van der Waals surface area contributed by atoms with E-state index in [9.17, 15) is 9.90 Å². The second kappa shape index (κ2) is 6.88. The van der Waals surface area contributed by atoms with Crippen LogP contribution in [0.3, 0.4) is 0 Å². The van der Waals surface area contributed by atoms with Crippen molar-refractivity contribution >= 4 is 28.7 Å². The number of phenols is 1. The van der Waals surface area contributed by atoms with Crippen LogP contribution >= 0.6 is 0 Å². The second-order valence-corrected chi connectivity index (χ2v) is 5.89. The van der Waals surface area contributed by atoms with Gasteiger partial charge in [-0.25, -0.2) is 9.97 Å². The minimum atomic E-state index is -0.725. The summed E-state index contributed by atoms with van der Waals surface area (Å²) in [5.41, 5.74) is 7.40. The van der Waals surface area contributed by atoms with E-state index in [4.69, 9.17) is 10.5 Å². The number of amides is 1. The van der Waals surface area contributed by atoms with Gasteiger partial charge in [-0.3, -0.25) is 9.36 Å². The molecule has 4 N–H and O–H groups in total. The molecule has 0 unspecified atom stereocenters. The average Bonchev–Trinajstić information content (AvgIpc) is 3.11. The quantitative estimate of drug-likeness (QED) is 0.488. The Labute approximate surface area is 159 Å². The molecule has 0 atom stereocenters. The van der Waals surface area contributed by atoms with Gasteiger partial charge in [-0.15, -0.1) is 0 Å². The summed E-state index contributed by atoms with van der Waals surface area (Å²) >= 11 is 0. The molecule has 0 bridgehead atoms. The summed E-state index contributed by atoms with van der Waals surface area (Å²) in [4.78, 5) is 24.9. The summed E-state index contributed by atoms with van der Waals surface area (Å²) in [6.07, 6.45) is 1.53. The van der Waals surface area contributed by atoms with E-state index in [0.717, 1.165) is 0 Å². The number of anilines is 2. The number of phenolic OH excluding ortho intramolecular Hbond substituents is 1. The predicted molar refractivity (Wildman–Crippen MR) is 103 cm³/mol. The maximum absolute atomic E-state index is 11.9. The Morgan fingerprint density at radius 3 is 2.75 bits per heavy atom. The molecule has 0 saturated heterocycles. The first-order valence-electron chi connectivity index (χ1n) is 8.31. The minimum absolute atomic E-state index is 0.0127. The molecule has 0 fully saturated rings. The van der Waals surface area contributed by atoms with Gasteiger partial charge in [-0.05, 0) is 24.3 Å². The molecular weight excluding hydrogens is 360 g/mol. The van der Waals surface area contributed by atoms with Crippen LogP contribution in [0.25, 0.3) is 16.9 Å². The monoisotopic (exact) mass is 376 g/mol. The lowest BCUT2D eigenvalue weighted by atomic mass is 10.3. The van der Waals surface area contributed by atoms with Crippen LogP contribution in [0.2, 0.25) is 0 Å². The van der Waals surface area contributed by atoms with Crippen molar-refractivity contribution in [2.75, 3.05) is 12.4 Å². The Hall–Kier alpha value is -4.14. The number of fused-ring (bicyclic) bond motifs is 1. The fourth-order valence-electron chi connectivity index (χ4n) is 2.85. The van der Waals surface area contributed by atoms with Gasteiger partial charge in [0.1, 0.15) is 23.3 Å². The number of benzene rings is 2. The lowest BCUT2D eigenvalue weighted by Crippen LogP contribution is -2.15. The Bertz CT molecular complexity index is 1190. The molecule has 2 heterocycles. The van der Waals surface area contributed by atoms with E-state index < -0.39 is 5.91 Å². The molecule has 2 aromatic heterocycles. The number of para-hydroxylation sites is 2. The zero-order valence-electron chi connectivity index (χ0n) is 14.8. The Balaban J connectivity index is 1.90. The van der Waals surface area contributed by atoms with Gasteiger partial charge in [0.15, 0.2) is 11.3 Å². The summed E-state index contributed by atoms with van der Waals surface area (Å²) in [7, 11) is 1.57. The molecule has 9 nitrogen and oxygen atoms in total. The molecule has 2 aromatic carbocycles. The molecule has 0 saturated carbocycles. The number of nitrogens with zero attached hydrogens (tertiary/aromatic N) is 4. The molecule has 9 heteroatoms. The van der Waals surface area contributed by atoms with Gasteiger partial charge in [0.25, 0.3) is 5.91 Å². The van der Waals surface area contributed by atoms with E-state index in [2.05, 4.69) is 20.3 Å². The molecular formula is C19H16N6O3. The van der Waals surface area contributed by atoms with Crippen molar-refractivity contribution in [1.29, 1.82) is 0 Å². The largest absolute Gasteiger partial charge is 0.508 e. The highest BCUT2D eigenvalue weighted by molar-refractivity contribution is 6.02. The zero-order valence-corrected chi connectivity index (χ0v) is 14.8. The van der Waals surface area contributed by atoms with E-state index in [-0.39, 0.29) is 22.9 Å². The van der Waals surface area contributed by atoms with Gasteiger partial charge in [0.05, 0.1) is 12.8 Å². The van der Waals surface area contributed by atoms with Gasteiger partial charge in [0.2, 0.25) is 5.95 Å². The number of carbonyl (C=O) groups is 1. The molecule has 4 aromatic rings. The lowest BCUT2D eigenvalue weighted by Gasteiger charge is -2.11. The van der Waals surface area contributed by atoms with E-state index >= 15 is 0 Å². The van der Waals surface area contributed by atoms with Crippen LogP contribution < -0.4 is 15.8 Å². The standard InChI is InChI=1S/C19H16N6O3/c1-28-14-8-3-2-7-13(14)25-10-21-16-15(17(20)27)23-19(24-18(16)25)22-11-5-4-6-12(26)9-11/h2-10,26H,1H3,(H2,20,27)(H,22,23,24). The lowest BCUT2D eigenvalue weighted by molar-refractivity contribution is 0.0997. The number of hydrogen-bond donors (Lipinski definition) is 3. The molecule has 28 heavy (non-hydrogen) atoms. The Morgan fingerprint density at radius 2 is 2.00 bits per heavy atom. The molecule has 4 rings (SSSR count). The molecule has 1 amide bonds. The maximum atomic E-state index is 11.9. The number of primary amides is 1. The normalized spacial score (nSPS) is 10.8. The smallest absolute Gasteiger partial charge is 0.269 e. The van der Waals surface area contributed by atoms with Gasteiger partial charge in [-0.2, -0.15) is 4.98 Å². The van der Waals surface area contributed by atoms with E-state index in [1.54, 1.807) is 29.9 Å². The highest BCUT2D eigenvalue weighted by Gasteiger charge is 2.19. The Morgan fingerprint density at radius 1 is 1.18 bits per heavy atom. The first-order valence-corrected chi connectivity index (χ1v) is 8.31. The maximum Gasteiger partial charge on any atom is 0.269 e. The summed E-state index contributed by atoms with van der Waals surface area (Å²) in [5.74, 6) is 0.115. The topological polar surface area (TPSA) is 128 Å². The minimum Gasteiger partial charge on any atom is -0.508 e. The third kappa shape index (κ3) is 3.05. The number of imidazole rings is 1. The van der Waals surface area contributed by atoms with Gasteiger partial charge < -0.3 is 20.9 Å². The fraction of sp³-hybridized carbons (Fsp3) is 0.0526. The number of aromatic nitrogens is 4. The molecule has 0 aliphatic carbocycles. The average molecular weight is 376 g/mol. The highest BCUT2D eigenvalue weighted by atomic mass is 16.5. The number of ether oxygens (including phenoxy) is 1. The Kier molecular flexibility index (Phi) is 4.24. The number of nitrogens with two attached hydrogens (primary N) is 1. The van der Waals surface area contributed by atoms with Crippen molar-refractivity contribution in [2.24, 2.45) is 5.73 Å². The number of rotatable bonds is 5. The molecule has 140 valence electrons. The predicted octanol–water partition coefficient (Wildman–Crippen LogP) is 2.37. The third-order valence-corrected chi connectivity index (χ3v) is 4.08. The highest BCUT2D eigenvalue weighted by Crippen LogP contribution is 2.27. The van der Waals surface area contributed by atoms with Crippen LogP contribution in [-0.4, -0.2) is 37.6 Å². The van der Waals surface area contributed by atoms with Crippen molar-refractivity contribution in [3.05, 3.63) is 60.6 Å². The van der Waals surface area contributed by atoms with Crippen molar-refractivity contribution < 1.29 is 14.6 Å². The first kappa shape index (κ1) is 17.3. The SMILES string of the molecule is COc1ccccc1-n1cnc2c(C(N)=O)nc(Nc3cccc(O)c3)nc21. The van der Waals surface area contributed by atoms with Crippen LogP contribution in [0.15, 0.2) is 54.9 Å². The molecule has 0 radical (unpaired) electrons. The summed E-state index contributed by atoms with van der Waals surface area (Å²) in [6.45, 7) is 0. The van der Waals surface area contributed by atoms with Crippen LogP contribution in [0.4, 0.5) is 11.6 Å². The summed E-state index contributed by atoms with van der Waals surface area (Å²) in [5, 5.41) is 12.6. The van der Waals surface area contributed by atoms with Crippen molar-refractivity contribution in [1.82, 2.24) is 19.5 Å². The third-order valence-electron chi connectivity index (χ3n) is 4.08. The van der Waals surface area contributed by atoms with E-state index in [0.29, 0.717) is 22.8 Å². The molecule has 0 aliphatic heterocycles. The molecule has 0 spiro atoms. The zero-order chi connectivity index (χ0) is 19.7. The molecule has 0 aliphatic rings. The van der Waals surface area contributed by atoms with Crippen LogP contribution in [0.1, 0.15) is 10.5 Å². The summed E-state index contributed by atoms with van der Waals surface area (Å²) in [6, 6.07) is 13.8. The van der Waals surface area contributed by atoms with E-state index in [1.165, 1.54) is 12.4 Å². The van der Waals surface area contributed by atoms with Crippen molar-refractivity contribution in [3.63, 3.8) is 0 Å². The summed E-state index contributed by atoms with van der Waals surface area (Å²) < 4.78 is 7.10. The van der Waals surface area contributed by atoms with Crippen molar-refractivity contribution in [3.8, 4) is 17.2 Å². The number of methoxy groups -OCH3 is 1. The number of hydrogen-bond acceptors (Lipinski definition) is 7. The number of aromatic hydroxyl groups is 1. The van der Waals surface area contributed by atoms with Gasteiger partial charge in [-0.1, -0.05) is 18.2 Å². The fourth-order valence-corrected chi connectivity index (χ4v) is 2.85. The van der Waals surface area contributed by atoms with E-state index in [1.807, 2.05) is 24.3 Å².